The molecule has 0 radical (unpaired) electrons. The van der Waals surface area contributed by atoms with Gasteiger partial charge in [-0.1, -0.05) is 29.8 Å². The molecule has 0 aliphatic carbocycles. The third kappa shape index (κ3) is 6.09. The first-order chi connectivity index (χ1) is 21.5. The van der Waals surface area contributed by atoms with E-state index in [0.29, 0.717) is 29.1 Å². The summed E-state index contributed by atoms with van der Waals surface area (Å²) in [6.07, 6.45) is 6.91. The zero-order valence-electron chi connectivity index (χ0n) is 26.8. The molecule has 10 nitrogen and oxygen atoms in total. The molecular formula is C33H44Cl2N8O2. The van der Waals surface area contributed by atoms with Crippen LogP contribution >= 0.6 is 23.2 Å². The van der Waals surface area contributed by atoms with Crippen LogP contribution in [-0.2, 0) is 9.59 Å². The molecule has 1 N–H and O–H groups in total. The summed E-state index contributed by atoms with van der Waals surface area (Å²) in [6, 6.07) is 1.98. The number of aromatic nitrogens is 4. The molecule has 5 heterocycles. The number of carbonyl (C=O) groups excluding carboxylic acids is 2. The molecule has 1 atom stereocenters. The number of anilines is 1. The van der Waals surface area contributed by atoms with Gasteiger partial charge in [0.1, 0.15) is 0 Å². The second-order valence-electron chi connectivity index (χ2n) is 13.5. The van der Waals surface area contributed by atoms with Gasteiger partial charge >= 0.3 is 0 Å². The number of hydrogen-bond acceptors (Lipinski definition) is 6. The third-order valence-electron chi connectivity index (χ3n) is 10.2. The SMILES string of the molecule is C=CC(=O)N1CCC(n2nc(N3CC[C@@H](CN4CCN(C(C)=O)CC4)CC3(C)C)c(-c3c(Cl)c(Cl)cc4[nH]ncc34)c2C)CC1. The van der Waals surface area contributed by atoms with Gasteiger partial charge in [0, 0.05) is 87.0 Å². The molecule has 2 aromatic heterocycles. The highest BCUT2D eigenvalue weighted by molar-refractivity contribution is 6.45. The minimum absolute atomic E-state index is 0.0228. The van der Waals surface area contributed by atoms with E-state index in [-0.39, 0.29) is 23.4 Å². The lowest BCUT2D eigenvalue weighted by molar-refractivity contribution is -0.130. The number of piperazine rings is 1. The van der Waals surface area contributed by atoms with Crippen molar-refractivity contribution in [2.24, 2.45) is 5.92 Å². The Morgan fingerprint density at radius 2 is 1.76 bits per heavy atom. The number of likely N-dealkylation sites (tertiary alicyclic amines) is 1. The van der Waals surface area contributed by atoms with Crippen molar-refractivity contribution in [1.29, 1.82) is 0 Å². The lowest BCUT2D eigenvalue weighted by Gasteiger charge is -2.48. The van der Waals surface area contributed by atoms with Crippen molar-refractivity contribution in [1.82, 2.24) is 34.7 Å². The average Bonchev–Trinajstić information content (AvgIpc) is 3.61. The van der Waals surface area contributed by atoms with Gasteiger partial charge in [-0.05, 0) is 64.5 Å². The molecule has 0 unspecified atom stereocenters. The predicted molar refractivity (Wildman–Crippen MR) is 180 cm³/mol. The van der Waals surface area contributed by atoms with Gasteiger partial charge < -0.3 is 14.7 Å². The van der Waals surface area contributed by atoms with Gasteiger partial charge in [-0.3, -0.25) is 24.3 Å². The fraction of sp³-hybridized carbons (Fsp3) is 0.576. The number of fused-ring (bicyclic) bond motifs is 1. The van der Waals surface area contributed by atoms with Crippen LogP contribution in [-0.4, -0.2) is 104 Å². The van der Waals surface area contributed by atoms with Crippen LogP contribution in [0.25, 0.3) is 22.0 Å². The first-order valence-corrected chi connectivity index (χ1v) is 16.8. The third-order valence-corrected chi connectivity index (χ3v) is 11.0. The van der Waals surface area contributed by atoms with Crippen molar-refractivity contribution in [2.75, 3.05) is 57.3 Å². The summed E-state index contributed by atoms with van der Waals surface area (Å²) in [5, 5.41) is 14.7. The summed E-state index contributed by atoms with van der Waals surface area (Å²) < 4.78 is 2.17. The number of carbonyl (C=O) groups is 2. The molecule has 3 aromatic rings. The Balaban J connectivity index is 1.33. The largest absolute Gasteiger partial charge is 0.349 e. The summed E-state index contributed by atoms with van der Waals surface area (Å²) in [5.74, 6) is 1.61. The van der Waals surface area contributed by atoms with Crippen LogP contribution in [0.15, 0.2) is 24.9 Å². The first-order valence-electron chi connectivity index (χ1n) is 16.1. The second-order valence-corrected chi connectivity index (χ2v) is 14.3. The first kappa shape index (κ1) is 31.9. The number of piperidine rings is 2. The summed E-state index contributed by atoms with van der Waals surface area (Å²) in [4.78, 5) is 32.9. The number of H-pyrrole nitrogens is 1. The molecule has 12 heteroatoms. The van der Waals surface area contributed by atoms with Crippen LogP contribution in [0, 0.1) is 12.8 Å². The van der Waals surface area contributed by atoms with E-state index in [4.69, 9.17) is 28.3 Å². The number of amides is 2. The highest BCUT2D eigenvalue weighted by Gasteiger charge is 2.40. The van der Waals surface area contributed by atoms with E-state index in [2.05, 4.69) is 52.0 Å². The van der Waals surface area contributed by atoms with Crippen molar-refractivity contribution < 1.29 is 9.59 Å². The quantitative estimate of drug-likeness (QED) is 0.350. The van der Waals surface area contributed by atoms with Crippen LogP contribution in [0.5, 0.6) is 0 Å². The molecule has 2 amide bonds. The van der Waals surface area contributed by atoms with Crippen molar-refractivity contribution in [3.05, 3.63) is 40.7 Å². The molecule has 0 saturated carbocycles. The van der Waals surface area contributed by atoms with E-state index in [1.54, 1.807) is 6.92 Å². The van der Waals surface area contributed by atoms with Gasteiger partial charge in [0.25, 0.3) is 0 Å². The van der Waals surface area contributed by atoms with Crippen molar-refractivity contribution >= 4 is 51.7 Å². The van der Waals surface area contributed by atoms with Gasteiger partial charge in [0.2, 0.25) is 11.8 Å². The smallest absolute Gasteiger partial charge is 0.245 e. The molecular weight excluding hydrogens is 611 g/mol. The lowest BCUT2D eigenvalue weighted by atomic mass is 9.81. The minimum atomic E-state index is -0.162. The number of nitrogens with zero attached hydrogens (tertiary/aromatic N) is 7. The van der Waals surface area contributed by atoms with Crippen LogP contribution < -0.4 is 4.90 Å². The summed E-state index contributed by atoms with van der Waals surface area (Å²) >= 11 is 13.7. The number of rotatable bonds is 6. The molecule has 45 heavy (non-hydrogen) atoms. The Labute approximate surface area is 275 Å². The predicted octanol–water partition coefficient (Wildman–Crippen LogP) is 5.55. The van der Waals surface area contributed by atoms with E-state index in [1.807, 2.05) is 22.1 Å². The Kier molecular flexibility index (Phi) is 8.93. The van der Waals surface area contributed by atoms with E-state index in [9.17, 15) is 9.59 Å². The van der Waals surface area contributed by atoms with Crippen LogP contribution in [0.4, 0.5) is 5.82 Å². The molecule has 3 fully saturated rings. The summed E-state index contributed by atoms with van der Waals surface area (Å²) in [7, 11) is 0. The fourth-order valence-corrected chi connectivity index (χ4v) is 8.22. The highest BCUT2D eigenvalue weighted by atomic mass is 35.5. The van der Waals surface area contributed by atoms with Crippen molar-refractivity contribution in [3.8, 4) is 11.1 Å². The van der Waals surface area contributed by atoms with Gasteiger partial charge in [-0.25, -0.2) is 0 Å². The highest BCUT2D eigenvalue weighted by Crippen LogP contribution is 2.48. The number of nitrogens with one attached hydrogen (secondary N) is 1. The zero-order chi connectivity index (χ0) is 32.0. The van der Waals surface area contributed by atoms with Gasteiger partial charge in [0.05, 0.1) is 27.8 Å². The number of aromatic amines is 1. The van der Waals surface area contributed by atoms with Crippen molar-refractivity contribution in [3.63, 3.8) is 0 Å². The van der Waals surface area contributed by atoms with Crippen LogP contribution in [0.2, 0.25) is 10.0 Å². The van der Waals surface area contributed by atoms with Crippen molar-refractivity contribution in [2.45, 2.75) is 65.0 Å². The summed E-state index contributed by atoms with van der Waals surface area (Å²) in [6.45, 7) is 18.8. The molecule has 1 aromatic carbocycles. The number of halogens is 2. The Morgan fingerprint density at radius 3 is 2.40 bits per heavy atom. The topological polar surface area (TPSA) is 93.6 Å². The zero-order valence-corrected chi connectivity index (χ0v) is 28.3. The Bertz CT molecular complexity index is 1600. The molecule has 0 spiro atoms. The molecule has 3 saturated heterocycles. The molecule has 3 aliphatic rings. The normalized spacial score (nSPS) is 21.5. The van der Waals surface area contributed by atoms with E-state index >= 15 is 0 Å². The monoisotopic (exact) mass is 654 g/mol. The van der Waals surface area contributed by atoms with E-state index in [1.165, 1.54) is 6.08 Å². The Hall–Kier alpha value is -3.08. The maximum atomic E-state index is 12.3. The van der Waals surface area contributed by atoms with Gasteiger partial charge in [0.15, 0.2) is 5.82 Å². The number of hydrogen-bond donors (Lipinski definition) is 1. The minimum Gasteiger partial charge on any atom is -0.349 e. The molecule has 0 bridgehead atoms. The Morgan fingerprint density at radius 1 is 1.04 bits per heavy atom. The molecule has 242 valence electrons. The molecule has 6 rings (SSSR count). The van der Waals surface area contributed by atoms with Gasteiger partial charge in [-0.2, -0.15) is 10.2 Å². The van der Waals surface area contributed by atoms with Gasteiger partial charge in [-0.15, -0.1) is 0 Å². The van der Waals surface area contributed by atoms with Crippen LogP contribution in [0.1, 0.15) is 58.2 Å². The van der Waals surface area contributed by atoms with Crippen LogP contribution in [0.3, 0.4) is 0 Å². The second kappa shape index (κ2) is 12.6. The van der Waals surface area contributed by atoms with E-state index in [0.717, 1.165) is 98.5 Å². The summed E-state index contributed by atoms with van der Waals surface area (Å²) in [5.41, 5.74) is 3.55. The van der Waals surface area contributed by atoms with E-state index < -0.39 is 0 Å². The fourth-order valence-electron chi connectivity index (χ4n) is 7.77. The molecule has 3 aliphatic heterocycles. The number of benzene rings is 1. The maximum Gasteiger partial charge on any atom is 0.245 e. The lowest BCUT2D eigenvalue weighted by Crippen LogP contribution is -2.54. The average molecular weight is 656 g/mol. The maximum absolute atomic E-state index is 12.3. The standard InChI is InChI=1S/C33H44Cl2N8O2/c1-6-28(45)41-10-8-24(9-11-41)43-21(2)29(30-25-19-36-37-27(25)17-26(34)31(30)35)32(38-43)42-12-7-23(18-33(42,4)5)20-39-13-15-40(16-14-39)22(3)44/h6,17,19,23-24H,1,7-16,18,20H2,2-5H3,(H,36,37)/t23-/m1/s1.